The maximum absolute atomic E-state index is 12.6. The van der Waals surface area contributed by atoms with Gasteiger partial charge in [0.25, 0.3) is 0 Å². The normalized spacial score (nSPS) is 12.0. The van der Waals surface area contributed by atoms with Crippen molar-refractivity contribution in [3.63, 3.8) is 0 Å². The molecule has 0 amide bonds. The van der Waals surface area contributed by atoms with Crippen molar-refractivity contribution in [2.24, 2.45) is 0 Å². The second-order valence-electron chi connectivity index (χ2n) is 5.01. The van der Waals surface area contributed by atoms with Crippen LogP contribution in [0.2, 0.25) is 0 Å². The number of hydrogen-bond donors (Lipinski definition) is 0. The van der Waals surface area contributed by atoms with Crippen molar-refractivity contribution in [3.8, 4) is 0 Å². The summed E-state index contributed by atoms with van der Waals surface area (Å²) >= 11 is 5.68. The zero-order chi connectivity index (χ0) is 15.6. The van der Waals surface area contributed by atoms with Crippen molar-refractivity contribution in [1.29, 1.82) is 0 Å². The van der Waals surface area contributed by atoms with Gasteiger partial charge in [0.15, 0.2) is 0 Å². The number of rotatable bonds is 5. The summed E-state index contributed by atoms with van der Waals surface area (Å²) in [6, 6.07) is 9.26. The minimum absolute atomic E-state index is 0.151. The van der Waals surface area contributed by atoms with E-state index in [1.54, 1.807) is 14.0 Å². The third-order valence-corrected chi connectivity index (χ3v) is 5.44. The summed E-state index contributed by atoms with van der Waals surface area (Å²) in [5.74, 6) is 0.968. The fraction of sp³-hybridized carbons (Fsp3) is 0.333. The SMILES string of the molecule is Cc1ccc(CN(C)S(=O)(=O)c2cc(CCl)oc2C)cc1. The summed E-state index contributed by atoms with van der Waals surface area (Å²) in [5, 5.41) is 0. The van der Waals surface area contributed by atoms with Crippen LogP contribution in [0.25, 0.3) is 0 Å². The number of nitrogens with zero attached hydrogens (tertiary/aromatic N) is 1. The van der Waals surface area contributed by atoms with E-state index in [0.29, 0.717) is 18.1 Å². The Morgan fingerprint density at radius 2 is 1.81 bits per heavy atom. The maximum atomic E-state index is 12.6. The van der Waals surface area contributed by atoms with Crippen LogP contribution in [0.5, 0.6) is 0 Å². The first-order valence-electron chi connectivity index (χ1n) is 6.51. The molecule has 21 heavy (non-hydrogen) atoms. The molecule has 0 fully saturated rings. The molecule has 2 rings (SSSR count). The fourth-order valence-electron chi connectivity index (χ4n) is 2.05. The van der Waals surface area contributed by atoms with Gasteiger partial charge in [0.2, 0.25) is 10.0 Å². The molecule has 0 aliphatic heterocycles. The average molecular weight is 328 g/mol. The minimum Gasteiger partial charge on any atom is -0.464 e. The molecule has 0 unspecified atom stereocenters. The summed E-state index contributed by atoms with van der Waals surface area (Å²) in [6.45, 7) is 3.93. The van der Waals surface area contributed by atoms with E-state index in [1.165, 1.54) is 10.4 Å². The number of aryl methyl sites for hydroxylation is 2. The fourth-order valence-corrected chi connectivity index (χ4v) is 3.52. The second kappa shape index (κ2) is 6.22. The Balaban J connectivity index is 2.25. The Kier molecular flexibility index (Phi) is 4.76. The lowest BCUT2D eigenvalue weighted by Crippen LogP contribution is -2.26. The summed E-state index contributed by atoms with van der Waals surface area (Å²) in [5.41, 5.74) is 2.08. The molecule has 4 nitrogen and oxygen atoms in total. The number of hydrogen-bond acceptors (Lipinski definition) is 3. The molecule has 0 N–H and O–H groups in total. The van der Waals surface area contributed by atoms with Crippen LogP contribution in [0.1, 0.15) is 22.6 Å². The molecular formula is C15H18ClNO3S. The molecule has 0 spiro atoms. The van der Waals surface area contributed by atoms with Gasteiger partial charge in [-0.1, -0.05) is 29.8 Å². The first-order valence-corrected chi connectivity index (χ1v) is 8.49. The van der Waals surface area contributed by atoms with Crippen LogP contribution in [-0.2, 0) is 22.4 Å². The van der Waals surface area contributed by atoms with E-state index in [0.717, 1.165) is 11.1 Å². The van der Waals surface area contributed by atoms with Crippen LogP contribution in [0.4, 0.5) is 0 Å². The third-order valence-electron chi connectivity index (χ3n) is 3.27. The summed E-state index contributed by atoms with van der Waals surface area (Å²) < 4.78 is 31.8. The van der Waals surface area contributed by atoms with Crippen molar-refractivity contribution in [2.45, 2.75) is 31.2 Å². The number of sulfonamides is 1. The molecule has 1 aromatic carbocycles. The highest BCUT2D eigenvalue weighted by atomic mass is 35.5. The van der Waals surface area contributed by atoms with E-state index in [4.69, 9.17) is 16.0 Å². The molecular weight excluding hydrogens is 310 g/mol. The Morgan fingerprint density at radius 1 is 1.19 bits per heavy atom. The van der Waals surface area contributed by atoms with Crippen molar-refractivity contribution in [1.82, 2.24) is 4.31 Å². The number of halogens is 1. The number of benzene rings is 1. The van der Waals surface area contributed by atoms with Crippen LogP contribution in [0, 0.1) is 13.8 Å². The highest BCUT2D eigenvalue weighted by molar-refractivity contribution is 7.89. The molecule has 0 aliphatic carbocycles. The highest BCUT2D eigenvalue weighted by Crippen LogP contribution is 2.24. The van der Waals surface area contributed by atoms with E-state index in [1.807, 2.05) is 31.2 Å². The molecule has 1 aromatic heterocycles. The molecule has 0 bridgehead atoms. The van der Waals surface area contributed by atoms with Crippen LogP contribution >= 0.6 is 11.6 Å². The third kappa shape index (κ3) is 3.48. The van der Waals surface area contributed by atoms with E-state index < -0.39 is 10.0 Å². The van der Waals surface area contributed by atoms with Gasteiger partial charge in [-0.2, -0.15) is 4.31 Å². The zero-order valence-electron chi connectivity index (χ0n) is 12.3. The molecule has 114 valence electrons. The van der Waals surface area contributed by atoms with E-state index in [-0.39, 0.29) is 10.8 Å². The Labute approximate surface area is 130 Å². The molecule has 1 heterocycles. The predicted molar refractivity (Wildman–Crippen MR) is 82.8 cm³/mol. The molecule has 0 saturated heterocycles. The minimum atomic E-state index is -3.59. The summed E-state index contributed by atoms with van der Waals surface area (Å²) in [4.78, 5) is 0.174. The van der Waals surface area contributed by atoms with Crippen LogP contribution in [0.3, 0.4) is 0 Å². The van der Waals surface area contributed by atoms with Crippen LogP contribution in [-0.4, -0.2) is 19.8 Å². The molecule has 6 heteroatoms. The second-order valence-corrected chi connectivity index (χ2v) is 7.29. The predicted octanol–water partition coefficient (Wildman–Crippen LogP) is 3.46. The smallest absolute Gasteiger partial charge is 0.246 e. The van der Waals surface area contributed by atoms with Gasteiger partial charge in [-0.15, -0.1) is 11.6 Å². The summed E-state index contributed by atoms with van der Waals surface area (Å²) in [7, 11) is -2.03. The topological polar surface area (TPSA) is 50.5 Å². The zero-order valence-corrected chi connectivity index (χ0v) is 13.8. The van der Waals surface area contributed by atoms with Crippen LogP contribution < -0.4 is 0 Å². The van der Waals surface area contributed by atoms with Gasteiger partial charge in [-0.05, 0) is 19.4 Å². The van der Waals surface area contributed by atoms with Gasteiger partial charge in [0.05, 0.1) is 5.88 Å². The van der Waals surface area contributed by atoms with E-state index in [2.05, 4.69) is 0 Å². The van der Waals surface area contributed by atoms with Crippen molar-refractivity contribution in [2.75, 3.05) is 7.05 Å². The molecule has 0 saturated carbocycles. The molecule has 0 aliphatic rings. The summed E-state index contributed by atoms with van der Waals surface area (Å²) in [6.07, 6.45) is 0. The van der Waals surface area contributed by atoms with Crippen LogP contribution in [0.15, 0.2) is 39.6 Å². The molecule has 2 aromatic rings. The van der Waals surface area contributed by atoms with Gasteiger partial charge >= 0.3 is 0 Å². The molecule has 0 radical (unpaired) electrons. The van der Waals surface area contributed by atoms with Gasteiger partial charge < -0.3 is 4.42 Å². The standard InChI is InChI=1S/C15H18ClNO3S/c1-11-4-6-13(7-5-11)10-17(3)21(18,19)15-8-14(9-16)20-12(15)2/h4-8H,9-10H2,1-3H3. The van der Waals surface area contributed by atoms with E-state index >= 15 is 0 Å². The quantitative estimate of drug-likeness (QED) is 0.790. The number of alkyl halides is 1. The van der Waals surface area contributed by atoms with Crippen molar-refractivity contribution < 1.29 is 12.8 Å². The number of furan rings is 1. The Hall–Kier alpha value is -1.30. The lowest BCUT2D eigenvalue weighted by atomic mass is 10.1. The lowest BCUT2D eigenvalue weighted by Gasteiger charge is -2.16. The van der Waals surface area contributed by atoms with Crippen molar-refractivity contribution in [3.05, 3.63) is 53.0 Å². The Bertz CT molecular complexity index is 720. The van der Waals surface area contributed by atoms with Gasteiger partial charge in [0.1, 0.15) is 16.4 Å². The average Bonchev–Trinajstić information content (AvgIpc) is 2.83. The highest BCUT2D eigenvalue weighted by Gasteiger charge is 2.26. The largest absolute Gasteiger partial charge is 0.464 e. The Morgan fingerprint density at radius 3 is 2.33 bits per heavy atom. The molecule has 0 atom stereocenters. The first kappa shape index (κ1) is 16.1. The lowest BCUT2D eigenvalue weighted by molar-refractivity contribution is 0.459. The monoisotopic (exact) mass is 327 g/mol. The van der Waals surface area contributed by atoms with Crippen molar-refractivity contribution >= 4 is 21.6 Å². The van der Waals surface area contributed by atoms with Gasteiger partial charge in [0, 0.05) is 19.7 Å². The maximum Gasteiger partial charge on any atom is 0.246 e. The van der Waals surface area contributed by atoms with E-state index in [9.17, 15) is 8.42 Å². The van der Waals surface area contributed by atoms with Gasteiger partial charge in [-0.3, -0.25) is 0 Å². The van der Waals surface area contributed by atoms with Gasteiger partial charge in [-0.25, -0.2) is 8.42 Å². The first-order chi connectivity index (χ1) is 9.84.